The summed E-state index contributed by atoms with van der Waals surface area (Å²) in [6.07, 6.45) is 0. The molecule has 0 unspecified atom stereocenters. The fraction of sp³-hybridized carbons (Fsp3) is 0. The van der Waals surface area contributed by atoms with Crippen molar-refractivity contribution in [1.29, 1.82) is 0 Å². The number of rotatable bonds is 6. The number of pyridine rings is 1. The van der Waals surface area contributed by atoms with Gasteiger partial charge in [-0.2, -0.15) is 0 Å². The second-order valence-electron chi connectivity index (χ2n) is 14.2. The third kappa shape index (κ3) is 5.64. The van der Waals surface area contributed by atoms with E-state index in [9.17, 15) is 0 Å². The van der Waals surface area contributed by atoms with Crippen LogP contribution in [0.3, 0.4) is 0 Å². The number of hydrogen-bond acceptors (Lipinski definition) is 4. The number of fused-ring (bicyclic) bond motifs is 7. The molecule has 0 N–H and O–H groups in total. The van der Waals surface area contributed by atoms with Crippen LogP contribution < -0.4 is 0 Å². The Balaban J connectivity index is 1.08. The van der Waals surface area contributed by atoms with Gasteiger partial charge in [-0.05, 0) is 40.8 Å². The molecule has 0 aliphatic carbocycles. The molecule has 5 nitrogen and oxygen atoms in total. The molecule has 57 heavy (non-hydrogen) atoms. The molecule has 0 spiro atoms. The van der Waals surface area contributed by atoms with Crippen LogP contribution in [0.1, 0.15) is 0 Å². The molecule has 11 rings (SSSR count). The molecule has 0 amide bonds. The molecule has 266 valence electrons. The van der Waals surface area contributed by atoms with E-state index in [-0.39, 0.29) is 0 Å². The van der Waals surface area contributed by atoms with Crippen LogP contribution in [0.4, 0.5) is 0 Å². The first-order valence-electron chi connectivity index (χ1n) is 19.1. The number of hydrogen-bond donors (Lipinski definition) is 0. The van der Waals surface area contributed by atoms with Gasteiger partial charge in [0.2, 0.25) is 0 Å². The van der Waals surface area contributed by atoms with Crippen LogP contribution >= 0.6 is 0 Å². The minimum absolute atomic E-state index is 0.636. The zero-order chi connectivity index (χ0) is 37.7. The second kappa shape index (κ2) is 13.5. The maximum atomic E-state index is 5.52. The lowest BCUT2D eigenvalue weighted by Gasteiger charge is -2.13. The number of para-hydroxylation sites is 1. The highest BCUT2D eigenvalue weighted by Crippen LogP contribution is 2.41. The van der Waals surface area contributed by atoms with Gasteiger partial charge in [-0.3, -0.25) is 0 Å². The zero-order valence-electron chi connectivity index (χ0n) is 30.8. The quantitative estimate of drug-likeness (QED) is 0.160. The van der Waals surface area contributed by atoms with Crippen molar-refractivity contribution >= 4 is 43.5 Å². The van der Waals surface area contributed by atoms with Gasteiger partial charge in [0, 0.05) is 49.5 Å². The summed E-state index contributed by atoms with van der Waals surface area (Å²) in [5.41, 5.74) is 11.5. The topological polar surface area (TPSA) is 56.5 Å². The van der Waals surface area contributed by atoms with Crippen LogP contribution in [0.2, 0.25) is 0 Å². The minimum Gasteiger partial charge on any atom is -0.307 e. The Labute approximate surface area is 329 Å². The van der Waals surface area contributed by atoms with Crippen molar-refractivity contribution < 1.29 is 0 Å². The normalized spacial score (nSPS) is 11.5. The molecule has 11 aromatic rings. The van der Waals surface area contributed by atoms with E-state index < -0.39 is 0 Å². The SMILES string of the molecule is c1ccc(-c2nc(-c3ccccc3)nc(-c3ccc(-c4ccc5c(c4)c4ccc6c7ccccc7c(-c7ccccc7)nc6c4n5-c4ccccc4)cc3)n2)cc1. The summed E-state index contributed by atoms with van der Waals surface area (Å²) < 4.78 is 2.38. The smallest absolute Gasteiger partial charge is 0.164 e. The van der Waals surface area contributed by atoms with Crippen molar-refractivity contribution in [1.82, 2.24) is 24.5 Å². The van der Waals surface area contributed by atoms with Gasteiger partial charge >= 0.3 is 0 Å². The second-order valence-corrected chi connectivity index (χ2v) is 14.2. The Bertz CT molecular complexity index is 3190. The Kier molecular flexibility index (Phi) is 7.74. The van der Waals surface area contributed by atoms with Gasteiger partial charge in [-0.1, -0.05) is 176 Å². The van der Waals surface area contributed by atoms with Gasteiger partial charge < -0.3 is 4.57 Å². The van der Waals surface area contributed by atoms with E-state index in [0.29, 0.717) is 17.5 Å². The molecule has 0 fully saturated rings. The van der Waals surface area contributed by atoms with Crippen LogP contribution in [0.5, 0.6) is 0 Å². The van der Waals surface area contributed by atoms with Crippen molar-refractivity contribution in [3.05, 3.63) is 200 Å². The fourth-order valence-electron chi connectivity index (χ4n) is 8.11. The molecule has 0 aliphatic rings. The Morgan fingerprint density at radius 1 is 0.298 bits per heavy atom. The lowest BCUT2D eigenvalue weighted by atomic mass is 9.98. The first-order chi connectivity index (χ1) is 28.3. The summed E-state index contributed by atoms with van der Waals surface area (Å²) in [6.45, 7) is 0. The average molecular weight is 728 g/mol. The van der Waals surface area contributed by atoms with E-state index >= 15 is 0 Å². The lowest BCUT2D eigenvalue weighted by Crippen LogP contribution is -2.00. The van der Waals surface area contributed by atoms with Crippen LogP contribution in [0, 0.1) is 0 Å². The van der Waals surface area contributed by atoms with Crippen LogP contribution in [-0.2, 0) is 0 Å². The maximum absolute atomic E-state index is 5.52. The van der Waals surface area contributed by atoms with E-state index in [1.54, 1.807) is 0 Å². The summed E-state index contributed by atoms with van der Waals surface area (Å²) in [5, 5.41) is 5.81. The van der Waals surface area contributed by atoms with Gasteiger partial charge in [0.05, 0.1) is 22.2 Å². The van der Waals surface area contributed by atoms with Crippen LogP contribution in [0.15, 0.2) is 200 Å². The first kappa shape index (κ1) is 32.7. The molecular formula is C52H33N5. The predicted octanol–water partition coefficient (Wildman–Crippen LogP) is 13.0. The average Bonchev–Trinajstić information content (AvgIpc) is 3.64. The Morgan fingerprint density at radius 2 is 0.772 bits per heavy atom. The molecular weight excluding hydrogens is 695 g/mol. The third-order valence-corrected chi connectivity index (χ3v) is 10.8. The van der Waals surface area contributed by atoms with E-state index in [4.69, 9.17) is 19.9 Å². The van der Waals surface area contributed by atoms with Gasteiger partial charge in [0.15, 0.2) is 17.5 Å². The van der Waals surface area contributed by atoms with Crippen molar-refractivity contribution in [2.45, 2.75) is 0 Å². The molecule has 3 heterocycles. The summed E-state index contributed by atoms with van der Waals surface area (Å²) in [4.78, 5) is 20.3. The summed E-state index contributed by atoms with van der Waals surface area (Å²) in [5.74, 6) is 1.93. The maximum Gasteiger partial charge on any atom is 0.164 e. The molecule has 8 aromatic carbocycles. The molecule has 0 atom stereocenters. The molecule has 0 saturated heterocycles. The molecule has 0 radical (unpaired) electrons. The number of aromatic nitrogens is 5. The first-order valence-corrected chi connectivity index (χ1v) is 19.1. The molecule has 0 saturated carbocycles. The monoisotopic (exact) mass is 727 g/mol. The Morgan fingerprint density at radius 3 is 1.39 bits per heavy atom. The lowest BCUT2D eigenvalue weighted by molar-refractivity contribution is 1.07. The highest BCUT2D eigenvalue weighted by Gasteiger charge is 2.20. The fourth-order valence-corrected chi connectivity index (χ4v) is 8.11. The van der Waals surface area contributed by atoms with Crippen LogP contribution in [0.25, 0.3) is 106 Å². The van der Waals surface area contributed by atoms with Gasteiger partial charge in [0.1, 0.15) is 0 Å². The van der Waals surface area contributed by atoms with Crippen molar-refractivity contribution in [2.24, 2.45) is 0 Å². The van der Waals surface area contributed by atoms with Crippen molar-refractivity contribution in [2.75, 3.05) is 0 Å². The largest absolute Gasteiger partial charge is 0.307 e. The van der Waals surface area contributed by atoms with Gasteiger partial charge in [-0.15, -0.1) is 0 Å². The predicted molar refractivity (Wildman–Crippen MR) is 234 cm³/mol. The molecule has 0 bridgehead atoms. The summed E-state index contributed by atoms with van der Waals surface area (Å²) in [7, 11) is 0. The van der Waals surface area contributed by atoms with Crippen LogP contribution in [-0.4, -0.2) is 24.5 Å². The van der Waals surface area contributed by atoms with E-state index in [1.165, 1.54) is 10.8 Å². The molecule has 0 aliphatic heterocycles. The van der Waals surface area contributed by atoms with E-state index in [1.807, 2.05) is 60.7 Å². The summed E-state index contributed by atoms with van der Waals surface area (Å²) >= 11 is 0. The third-order valence-electron chi connectivity index (χ3n) is 10.8. The van der Waals surface area contributed by atoms with Crippen molar-refractivity contribution in [3.63, 3.8) is 0 Å². The van der Waals surface area contributed by atoms with E-state index in [0.717, 1.165) is 77.5 Å². The van der Waals surface area contributed by atoms with E-state index in [2.05, 4.69) is 144 Å². The molecule has 5 heteroatoms. The van der Waals surface area contributed by atoms with Gasteiger partial charge in [-0.25, -0.2) is 19.9 Å². The van der Waals surface area contributed by atoms with Crippen molar-refractivity contribution in [3.8, 4) is 62.2 Å². The molecule has 3 aromatic heterocycles. The number of nitrogens with zero attached hydrogens (tertiary/aromatic N) is 5. The highest BCUT2D eigenvalue weighted by atomic mass is 15.0. The Hall–Kier alpha value is -7.76. The minimum atomic E-state index is 0.636. The highest BCUT2D eigenvalue weighted by molar-refractivity contribution is 6.23. The standard InChI is InChI=1S/C52H33N5/c1-5-15-35(16-6-1)47-42-24-14-13-23-41(42)43-30-31-44-45-33-39(29-32-46(45)57(49(44)48(43)53-47)40-21-11-4-12-22-40)34-25-27-38(28-26-34)52-55-50(36-17-7-2-8-18-36)54-51(56-52)37-19-9-3-10-20-37/h1-33H. The zero-order valence-corrected chi connectivity index (χ0v) is 30.8. The number of benzene rings is 8. The summed E-state index contributed by atoms with van der Waals surface area (Å²) in [6, 6.07) is 69.8. The van der Waals surface area contributed by atoms with Gasteiger partial charge in [0.25, 0.3) is 0 Å².